The molecule has 0 radical (unpaired) electrons. The van der Waals surface area contributed by atoms with Crippen molar-refractivity contribution in [1.82, 2.24) is 0 Å². The minimum Gasteiger partial charge on any atom is -0.545 e. The third-order valence-corrected chi connectivity index (χ3v) is 5.85. The molecule has 114 valence electrons. The van der Waals surface area contributed by atoms with Crippen molar-refractivity contribution in [1.29, 1.82) is 0 Å². The molecule has 3 aromatic rings. The fourth-order valence-corrected chi connectivity index (χ4v) is 4.64. The lowest BCUT2D eigenvalue weighted by molar-refractivity contribution is -0.255. The summed E-state index contributed by atoms with van der Waals surface area (Å²) in [6, 6.07) is 25.3. The van der Waals surface area contributed by atoms with Crippen LogP contribution < -0.4 is 5.11 Å². The molecule has 0 amide bonds. The number of carboxylic acids is 1. The summed E-state index contributed by atoms with van der Waals surface area (Å²) in [5.74, 6) is -1.14. The molecule has 0 aromatic heterocycles. The number of hydrogen-bond donors (Lipinski definition) is 0. The van der Waals surface area contributed by atoms with Gasteiger partial charge in [-0.3, -0.25) is 0 Å². The van der Waals surface area contributed by atoms with Crippen LogP contribution in [0.4, 0.5) is 0 Å². The van der Waals surface area contributed by atoms with E-state index in [1.807, 2.05) is 49.4 Å². The summed E-state index contributed by atoms with van der Waals surface area (Å²) in [6.45, 7) is 2.04. The van der Waals surface area contributed by atoms with Crippen molar-refractivity contribution in [2.45, 2.75) is 21.6 Å². The number of rotatable bonds is 4. The van der Waals surface area contributed by atoms with Crippen molar-refractivity contribution in [3.8, 4) is 0 Å². The minimum atomic E-state index is -1.14. The maximum atomic E-state index is 11.5. The molecular weight excluding hydrogens is 304 g/mol. The van der Waals surface area contributed by atoms with E-state index in [1.165, 1.54) is 5.56 Å². The zero-order valence-corrected chi connectivity index (χ0v) is 13.5. The summed E-state index contributed by atoms with van der Waals surface area (Å²) in [5, 5.41) is 11.5. The van der Waals surface area contributed by atoms with Crippen LogP contribution in [0.3, 0.4) is 0 Å². The molecule has 3 rings (SSSR count). The standard InChI is InChI=1S/C20H16O2S/c1-15-11-13-17(14-12-15)23(16-7-3-2-4-8-16)19-10-6-5-9-18(19)20(21)22/h2-14H,1H3. The highest BCUT2D eigenvalue weighted by Gasteiger charge is 2.31. The van der Waals surface area contributed by atoms with Crippen molar-refractivity contribution in [2.75, 3.05) is 0 Å². The Morgan fingerprint density at radius 1 is 0.783 bits per heavy atom. The van der Waals surface area contributed by atoms with Crippen molar-refractivity contribution in [2.24, 2.45) is 0 Å². The Morgan fingerprint density at radius 2 is 1.35 bits per heavy atom. The van der Waals surface area contributed by atoms with E-state index in [0.717, 1.165) is 14.7 Å². The molecule has 2 nitrogen and oxygen atoms in total. The van der Waals surface area contributed by atoms with Gasteiger partial charge in [0.2, 0.25) is 0 Å². The molecule has 3 aromatic carbocycles. The molecule has 0 heterocycles. The average Bonchev–Trinajstić information content (AvgIpc) is 2.58. The first-order valence-corrected chi connectivity index (χ1v) is 8.55. The van der Waals surface area contributed by atoms with Crippen LogP contribution in [0, 0.1) is 6.92 Å². The van der Waals surface area contributed by atoms with E-state index in [2.05, 4.69) is 24.3 Å². The van der Waals surface area contributed by atoms with Crippen LogP contribution in [0.2, 0.25) is 0 Å². The minimum absolute atomic E-state index is 0.250. The summed E-state index contributed by atoms with van der Waals surface area (Å²) in [7, 11) is -0.476. The van der Waals surface area contributed by atoms with Gasteiger partial charge in [0.1, 0.15) is 0 Å². The van der Waals surface area contributed by atoms with Crippen LogP contribution in [0.15, 0.2) is 93.5 Å². The largest absolute Gasteiger partial charge is 0.545 e. The van der Waals surface area contributed by atoms with Gasteiger partial charge in [-0.25, -0.2) is 0 Å². The maximum Gasteiger partial charge on any atom is 0.175 e. The van der Waals surface area contributed by atoms with Crippen LogP contribution in [-0.4, -0.2) is 5.97 Å². The molecule has 0 fully saturated rings. The lowest BCUT2D eigenvalue weighted by Crippen LogP contribution is -2.25. The normalized spacial score (nSPS) is 11.9. The van der Waals surface area contributed by atoms with Gasteiger partial charge < -0.3 is 9.90 Å². The van der Waals surface area contributed by atoms with Gasteiger partial charge in [0.15, 0.2) is 14.7 Å². The number of aryl methyl sites for hydroxylation is 1. The van der Waals surface area contributed by atoms with Gasteiger partial charge in [-0.05, 0) is 43.3 Å². The second-order valence-corrected chi connectivity index (χ2v) is 7.21. The number of carbonyl (C=O) groups is 1. The molecule has 3 heteroatoms. The molecule has 0 aliphatic heterocycles. The van der Waals surface area contributed by atoms with Crippen LogP contribution in [-0.2, 0) is 10.9 Å². The molecular formula is C20H16O2S. The first kappa shape index (κ1) is 15.4. The summed E-state index contributed by atoms with van der Waals surface area (Å²) in [5.41, 5.74) is 1.43. The fraction of sp³-hybridized carbons (Fsp3) is 0.0500. The SMILES string of the molecule is Cc1ccc([S+](c2ccccc2)c2ccccc2C(=O)[O-])cc1. The highest BCUT2D eigenvalue weighted by atomic mass is 32.2. The Labute approximate surface area is 138 Å². The second-order valence-electron chi connectivity index (χ2n) is 5.22. The van der Waals surface area contributed by atoms with Crippen molar-refractivity contribution in [3.63, 3.8) is 0 Å². The van der Waals surface area contributed by atoms with Gasteiger partial charge in [0.25, 0.3) is 0 Å². The molecule has 1 unspecified atom stereocenters. The molecule has 0 aliphatic rings. The van der Waals surface area contributed by atoms with E-state index < -0.39 is 16.9 Å². The number of hydrogen-bond acceptors (Lipinski definition) is 2. The molecule has 0 saturated heterocycles. The number of carboxylic acid groups (broad SMARTS) is 1. The Morgan fingerprint density at radius 3 is 2.00 bits per heavy atom. The van der Waals surface area contributed by atoms with E-state index in [1.54, 1.807) is 12.1 Å². The van der Waals surface area contributed by atoms with E-state index >= 15 is 0 Å². The Hall–Kier alpha value is -2.52. The molecule has 0 aliphatic carbocycles. The van der Waals surface area contributed by atoms with Gasteiger partial charge in [-0.2, -0.15) is 0 Å². The molecule has 0 bridgehead atoms. The lowest BCUT2D eigenvalue weighted by Gasteiger charge is -2.12. The summed E-state index contributed by atoms with van der Waals surface area (Å²) < 4.78 is 0. The highest BCUT2D eigenvalue weighted by Crippen LogP contribution is 2.33. The first-order valence-electron chi connectivity index (χ1n) is 7.33. The number of carbonyl (C=O) groups excluding carboxylic acids is 1. The van der Waals surface area contributed by atoms with Crippen molar-refractivity contribution in [3.05, 3.63) is 90.0 Å². The first-order chi connectivity index (χ1) is 11.2. The maximum absolute atomic E-state index is 11.5. The van der Waals surface area contributed by atoms with Crippen molar-refractivity contribution >= 4 is 16.9 Å². The monoisotopic (exact) mass is 320 g/mol. The van der Waals surface area contributed by atoms with Gasteiger partial charge in [-0.15, -0.1) is 0 Å². The van der Waals surface area contributed by atoms with E-state index in [0.29, 0.717) is 0 Å². The Balaban J connectivity index is 2.21. The van der Waals surface area contributed by atoms with Gasteiger partial charge >= 0.3 is 0 Å². The Kier molecular flexibility index (Phi) is 4.49. The molecule has 1 atom stereocenters. The highest BCUT2D eigenvalue weighted by molar-refractivity contribution is 7.97. The molecule has 0 saturated carbocycles. The Bertz CT molecular complexity index is 811. The average molecular weight is 320 g/mol. The fourth-order valence-electron chi connectivity index (χ4n) is 2.43. The van der Waals surface area contributed by atoms with Gasteiger partial charge in [0, 0.05) is 0 Å². The van der Waals surface area contributed by atoms with Crippen LogP contribution >= 0.6 is 0 Å². The summed E-state index contributed by atoms with van der Waals surface area (Å²) in [4.78, 5) is 14.5. The third-order valence-electron chi connectivity index (χ3n) is 3.56. The molecule has 0 spiro atoms. The number of benzene rings is 3. The van der Waals surface area contributed by atoms with E-state index in [4.69, 9.17) is 0 Å². The van der Waals surface area contributed by atoms with Gasteiger partial charge in [0.05, 0.1) is 22.4 Å². The summed E-state index contributed by atoms with van der Waals surface area (Å²) in [6.07, 6.45) is 0. The topological polar surface area (TPSA) is 40.1 Å². The molecule has 23 heavy (non-hydrogen) atoms. The quantitative estimate of drug-likeness (QED) is 0.691. The smallest absolute Gasteiger partial charge is 0.175 e. The molecule has 0 N–H and O–H groups in total. The predicted octanol–water partition coefficient (Wildman–Crippen LogP) is 3.45. The number of aromatic carboxylic acids is 1. The summed E-state index contributed by atoms with van der Waals surface area (Å²) >= 11 is 0. The van der Waals surface area contributed by atoms with Crippen LogP contribution in [0.1, 0.15) is 15.9 Å². The zero-order valence-electron chi connectivity index (χ0n) is 12.7. The predicted molar refractivity (Wildman–Crippen MR) is 90.6 cm³/mol. The van der Waals surface area contributed by atoms with Gasteiger partial charge in [-0.1, -0.05) is 48.0 Å². The second kappa shape index (κ2) is 6.71. The van der Waals surface area contributed by atoms with E-state index in [9.17, 15) is 9.90 Å². The van der Waals surface area contributed by atoms with Crippen LogP contribution in [0.25, 0.3) is 0 Å². The third kappa shape index (κ3) is 3.30. The zero-order chi connectivity index (χ0) is 16.2. The van der Waals surface area contributed by atoms with E-state index in [-0.39, 0.29) is 5.56 Å². The van der Waals surface area contributed by atoms with Crippen molar-refractivity contribution < 1.29 is 9.90 Å². The van der Waals surface area contributed by atoms with Crippen LogP contribution in [0.5, 0.6) is 0 Å². The lowest BCUT2D eigenvalue weighted by atomic mass is 10.2.